The summed E-state index contributed by atoms with van der Waals surface area (Å²) in [5, 5.41) is 16.4. The van der Waals surface area contributed by atoms with Crippen molar-refractivity contribution in [1.29, 1.82) is 0 Å². The molecule has 0 fully saturated rings. The predicted octanol–water partition coefficient (Wildman–Crippen LogP) is 1.37. The molecule has 0 atom stereocenters. The van der Waals surface area contributed by atoms with Crippen LogP contribution in [0.2, 0.25) is 0 Å². The number of aryl methyl sites for hydroxylation is 1. The largest absolute Gasteiger partial charge is 0.411 e. The fourth-order valence-corrected chi connectivity index (χ4v) is 2.63. The predicted molar refractivity (Wildman–Crippen MR) is 94.1 cm³/mol. The highest BCUT2D eigenvalue weighted by Crippen LogP contribution is 2.28. The molecule has 0 spiro atoms. The maximum absolute atomic E-state index is 11.7. The van der Waals surface area contributed by atoms with Crippen LogP contribution in [0.25, 0.3) is 0 Å². The molecule has 1 amide bonds. The van der Waals surface area contributed by atoms with E-state index in [0.29, 0.717) is 11.4 Å². The SMILES string of the molecule is CC(=O)N1CCCc2cc(C(=N/NC(N)=S)/C(C)=N/O)ccc21. The second-order valence-electron chi connectivity index (χ2n) is 5.24. The van der Waals surface area contributed by atoms with E-state index in [-0.39, 0.29) is 11.0 Å². The van der Waals surface area contributed by atoms with Gasteiger partial charge in [-0.2, -0.15) is 5.10 Å². The van der Waals surface area contributed by atoms with Gasteiger partial charge < -0.3 is 15.8 Å². The van der Waals surface area contributed by atoms with Crippen LogP contribution in [0.3, 0.4) is 0 Å². The van der Waals surface area contributed by atoms with Gasteiger partial charge in [0.2, 0.25) is 5.91 Å². The van der Waals surface area contributed by atoms with E-state index in [1.165, 1.54) is 0 Å². The number of thiocarbonyl (C=S) groups is 1. The van der Waals surface area contributed by atoms with E-state index in [1.54, 1.807) is 18.7 Å². The highest BCUT2D eigenvalue weighted by atomic mass is 32.1. The monoisotopic (exact) mass is 333 g/mol. The van der Waals surface area contributed by atoms with Crippen molar-refractivity contribution in [2.45, 2.75) is 26.7 Å². The number of oxime groups is 1. The summed E-state index contributed by atoms with van der Waals surface area (Å²) >= 11 is 4.74. The third-order valence-corrected chi connectivity index (χ3v) is 3.71. The molecule has 1 heterocycles. The number of nitrogens with zero attached hydrogens (tertiary/aromatic N) is 3. The third-order valence-electron chi connectivity index (χ3n) is 3.62. The molecule has 0 saturated heterocycles. The summed E-state index contributed by atoms with van der Waals surface area (Å²) in [5.41, 5.74) is 11.4. The zero-order valence-electron chi connectivity index (χ0n) is 13.0. The molecule has 2 rings (SSSR count). The summed E-state index contributed by atoms with van der Waals surface area (Å²) in [4.78, 5) is 13.5. The number of amides is 1. The van der Waals surface area contributed by atoms with Gasteiger partial charge in [0.25, 0.3) is 0 Å². The zero-order valence-corrected chi connectivity index (χ0v) is 13.9. The summed E-state index contributed by atoms with van der Waals surface area (Å²) in [5.74, 6) is 0.0239. The Morgan fingerprint density at radius 1 is 1.43 bits per heavy atom. The Labute approximate surface area is 139 Å². The standard InChI is InChI=1S/C15H19N5O2S/c1-9(19-22)14(17-18-15(16)23)12-5-6-13-11(8-12)4-3-7-20(13)10(2)21/h5-6,8,22H,3-4,7H2,1-2H3,(H3,16,18,23)/b17-14+,19-9+. The normalized spacial score (nSPS) is 15.1. The number of nitrogens with one attached hydrogen (secondary N) is 1. The summed E-state index contributed by atoms with van der Waals surface area (Å²) in [6.07, 6.45) is 1.78. The molecule has 1 aromatic rings. The first-order valence-corrected chi connectivity index (χ1v) is 7.58. The third kappa shape index (κ3) is 3.84. The van der Waals surface area contributed by atoms with Crippen molar-refractivity contribution < 1.29 is 10.0 Å². The minimum absolute atomic E-state index is 0.0222. The summed E-state index contributed by atoms with van der Waals surface area (Å²) < 4.78 is 0. The Morgan fingerprint density at radius 2 is 2.17 bits per heavy atom. The number of carbonyl (C=O) groups is 1. The average Bonchev–Trinajstić information content (AvgIpc) is 2.53. The molecule has 1 aliphatic rings. The van der Waals surface area contributed by atoms with E-state index in [1.807, 2.05) is 18.2 Å². The van der Waals surface area contributed by atoms with Gasteiger partial charge in [0.15, 0.2) is 5.11 Å². The maximum Gasteiger partial charge on any atom is 0.223 e. The highest BCUT2D eigenvalue weighted by molar-refractivity contribution is 7.80. The molecular weight excluding hydrogens is 314 g/mol. The fourth-order valence-electron chi connectivity index (χ4n) is 2.58. The lowest BCUT2D eigenvalue weighted by atomic mass is 9.96. The first-order valence-electron chi connectivity index (χ1n) is 7.17. The van der Waals surface area contributed by atoms with Crippen LogP contribution in [0.5, 0.6) is 0 Å². The second-order valence-corrected chi connectivity index (χ2v) is 5.68. The van der Waals surface area contributed by atoms with Crippen molar-refractivity contribution in [3.8, 4) is 0 Å². The maximum atomic E-state index is 11.7. The molecule has 122 valence electrons. The fraction of sp³-hybridized carbons (Fsp3) is 0.333. The molecule has 23 heavy (non-hydrogen) atoms. The van der Waals surface area contributed by atoms with Crippen molar-refractivity contribution in [1.82, 2.24) is 5.43 Å². The number of hydrazone groups is 1. The van der Waals surface area contributed by atoms with Crippen LogP contribution < -0.4 is 16.1 Å². The van der Waals surface area contributed by atoms with E-state index < -0.39 is 0 Å². The Morgan fingerprint density at radius 3 is 2.78 bits per heavy atom. The Hall–Kier alpha value is -2.48. The summed E-state index contributed by atoms with van der Waals surface area (Å²) in [6.45, 7) is 3.91. The number of benzene rings is 1. The molecule has 0 aliphatic carbocycles. The molecule has 7 nitrogen and oxygen atoms in total. The number of carbonyl (C=O) groups excluding carboxylic acids is 1. The number of nitrogens with two attached hydrogens (primary N) is 1. The van der Waals surface area contributed by atoms with Crippen LogP contribution in [0.4, 0.5) is 5.69 Å². The number of hydrogen-bond acceptors (Lipinski definition) is 5. The molecular formula is C15H19N5O2S. The number of fused-ring (bicyclic) bond motifs is 1. The van der Waals surface area contributed by atoms with Crippen LogP contribution in [-0.2, 0) is 11.2 Å². The smallest absolute Gasteiger partial charge is 0.223 e. The lowest BCUT2D eigenvalue weighted by Gasteiger charge is -2.29. The van der Waals surface area contributed by atoms with E-state index in [4.69, 9.17) is 23.2 Å². The zero-order chi connectivity index (χ0) is 17.0. The van der Waals surface area contributed by atoms with Crippen LogP contribution >= 0.6 is 12.2 Å². The highest BCUT2D eigenvalue weighted by Gasteiger charge is 2.21. The molecule has 1 aromatic carbocycles. The Bertz CT molecular complexity index is 699. The number of hydrogen-bond donors (Lipinski definition) is 3. The molecule has 8 heteroatoms. The van der Waals surface area contributed by atoms with Crippen LogP contribution in [-0.4, -0.2) is 34.2 Å². The van der Waals surface area contributed by atoms with E-state index in [9.17, 15) is 4.79 Å². The average molecular weight is 333 g/mol. The van der Waals surface area contributed by atoms with Gasteiger partial charge in [0.1, 0.15) is 11.4 Å². The quantitative estimate of drug-likeness (QED) is 0.335. The van der Waals surface area contributed by atoms with Crippen LogP contribution in [0.15, 0.2) is 28.5 Å². The van der Waals surface area contributed by atoms with Gasteiger partial charge in [-0.05, 0) is 49.7 Å². The summed E-state index contributed by atoms with van der Waals surface area (Å²) in [6, 6.07) is 5.65. The first-order chi connectivity index (χ1) is 10.9. The van der Waals surface area contributed by atoms with Crippen molar-refractivity contribution in [3.05, 3.63) is 29.3 Å². The minimum Gasteiger partial charge on any atom is -0.411 e. The second kappa shape index (κ2) is 7.19. The van der Waals surface area contributed by atoms with Gasteiger partial charge in [-0.3, -0.25) is 10.2 Å². The number of anilines is 1. The minimum atomic E-state index is 0.0222. The summed E-state index contributed by atoms with van der Waals surface area (Å²) in [7, 11) is 0. The molecule has 0 aromatic heterocycles. The van der Waals surface area contributed by atoms with Gasteiger partial charge in [-0.15, -0.1) is 0 Å². The Balaban J connectivity index is 2.44. The number of rotatable bonds is 3. The lowest BCUT2D eigenvalue weighted by molar-refractivity contribution is -0.116. The van der Waals surface area contributed by atoms with E-state index in [0.717, 1.165) is 36.2 Å². The van der Waals surface area contributed by atoms with Crippen molar-refractivity contribution in [2.24, 2.45) is 16.0 Å². The topological polar surface area (TPSA) is 103 Å². The molecule has 1 aliphatic heterocycles. The van der Waals surface area contributed by atoms with Gasteiger partial charge >= 0.3 is 0 Å². The van der Waals surface area contributed by atoms with Gasteiger partial charge in [0.05, 0.1) is 0 Å². The van der Waals surface area contributed by atoms with Gasteiger partial charge in [0, 0.05) is 24.7 Å². The van der Waals surface area contributed by atoms with Crippen molar-refractivity contribution in [2.75, 3.05) is 11.4 Å². The molecule has 0 radical (unpaired) electrons. The first kappa shape index (κ1) is 16.9. The molecule has 0 saturated carbocycles. The Kier molecular flexibility index (Phi) is 5.28. The lowest BCUT2D eigenvalue weighted by Crippen LogP contribution is -2.33. The van der Waals surface area contributed by atoms with Crippen molar-refractivity contribution in [3.63, 3.8) is 0 Å². The van der Waals surface area contributed by atoms with Crippen LogP contribution in [0.1, 0.15) is 31.4 Å². The van der Waals surface area contributed by atoms with E-state index >= 15 is 0 Å². The van der Waals surface area contributed by atoms with E-state index in [2.05, 4.69) is 15.7 Å². The van der Waals surface area contributed by atoms with Gasteiger partial charge in [-0.1, -0.05) is 11.2 Å². The molecule has 0 bridgehead atoms. The van der Waals surface area contributed by atoms with Crippen LogP contribution in [0, 0.1) is 0 Å². The van der Waals surface area contributed by atoms with Gasteiger partial charge in [-0.25, -0.2) is 0 Å². The molecule has 4 N–H and O–H groups in total. The molecule has 0 unspecified atom stereocenters. The van der Waals surface area contributed by atoms with Crippen molar-refractivity contribution >= 4 is 40.3 Å².